The van der Waals surface area contributed by atoms with E-state index in [9.17, 15) is 15.0 Å². The first-order chi connectivity index (χ1) is 8.25. The summed E-state index contributed by atoms with van der Waals surface area (Å²) in [6.07, 6.45) is 1.09. The van der Waals surface area contributed by atoms with Crippen LogP contribution in [0.4, 0.5) is 0 Å². The van der Waals surface area contributed by atoms with Crippen molar-refractivity contribution >= 4 is 11.5 Å². The zero-order valence-corrected chi connectivity index (χ0v) is 11.1. The van der Waals surface area contributed by atoms with E-state index in [1.54, 1.807) is 0 Å². The number of ketones is 1. The van der Waals surface area contributed by atoms with Gasteiger partial charge in [0.15, 0.2) is 5.78 Å². The Hall–Kier alpha value is -1.61. The maximum atomic E-state index is 11.8. The summed E-state index contributed by atoms with van der Waals surface area (Å²) in [7, 11) is 0. The standard InChI is InChI=1S/C15H18O3/c1-8(2)10-6-12-11(5-9(10)3)13(16)7-14(17)15(12,4)18/h5-8,16,18H,1-4H3. The highest BCUT2D eigenvalue weighted by atomic mass is 16.3. The van der Waals surface area contributed by atoms with E-state index in [2.05, 4.69) is 13.8 Å². The predicted molar refractivity (Wildman–Crippen MR) is 70.5 cm³/mol. The van der Waals surface area contributed by atoms with Gasteiger partial charge < -0.3 is 10.2 Å². The summed E-state index contributed by atoms with van der Waals surface area (Å²) >= 11 is 0. The first-order valence-electron chi connectivity index (χ1n) is 6.08. The van der Waals surface area contributed by atoms with Crippen molar-refractivity contribution < 1.29 is 15.0 Å². The minimum atomic E-state index is -1.56. The van der Waals surface area contributed by atoms with E-state index in [0.717, 1.165) is 17.2 Å². The molecule has 0 amide bonds. The van der Waals surface area contributed by atoms with Gasteiger partial charge in [-0.3, -0.25) is 4.79 Å². The second-order valence-electron chi connectivity index (χ2n) is 5.38. The fourth-order valence-corrected chi connectivity index (χ4v) is 2.44. The lowest BCUT2D eigenvalue weighted by Crippen LogP contribution is -2.35. The van der Waals surface area contributed by atoms with E-state index in [-0.39, 0.29) is 5.76 Å². The summed E-state index contributed by atoms with van der Waals surface area (Å²) in [5, 5.41) is 20.2. The average Bonchev–Trinajstić information content (AvgIpc) is 2.25. The number of hydrogen-bond donors (Lipinski definition) is 2. The van der Waals surface area contributed by atoms with Crippen molar-refractivity contribution in [3.05, 3.63) is 40.5 Å². The number of rotatable bonds is 1. The molecule has 1 atom stereocenters. The minimum absolute atomic E-state index is 0.0695. The Morgan fingerprint density at radius 1 is 1.28 bits per heavy atom. The summed E-state index contributed by atoms with van der Waals surface area (Å²) in [6.45, 7) is 7.55. The van der Waals surface area contributed by atoms with Gasteiger partial charge in [0, 0.05) is 17.2 Å². The van der Waals surface area contributed by atoms with Crippen molar-refractivity contribution in [1.82, 2.24) is 0 Å². The maximum Gasteiger partial charge on any atom is 0.195 e. The number of benzene rings is 1. The highest BCUT2D eigenvalue weighted by Crippen LogP contribution is 2.37. The molecule has 0 heterocycles. The number of carbonyl (C=O) groups excluding carboxylic acids is 1. The molecule has 0 fully saturated rings. The molecule has 0 saturated carbocycles. The van der Waals surface area contributed by atoms with Crippen molar-refractivity contribution in [3.8, 4) is 0 Å². The molecule has 0 saturated heterocycles. The first kappa shape index (κ1) is 12.8. The molecule has 18 heavy (non-hydrogen) atoms. The third kappa shape index (κ3) is 1.75. The molecule has 0 spiro atoms. The number of fused-ring (bicyclic) bond motifs is 1. The lowest BCUT2D eigenvalue weighted by molar-refractivity contribution is -0.131. The second kappa shape index (κ2) is 3.95. The highest BCUT2D eigenvalue weighted by molar-refractivity contribution is 6.05. The summed E-state index contributed by atoms with van der Waals surface area (Å²) in [5.74, 6) is -0.250. The fraction of sp³-hybridized carbons (Fsp3) is 0.400. The van der Waals surface area contributed by atoms with E-state index in [1.807, 2.05) is 19.1 Å². The Morgan fingerprint density at radius 2 is 1.89 bits per heavy atom. The van der Waals surface area contributed by atoms with Gasteiger partial charge >= 0.3 is 0 Å². The molecular formula is C15H18O3. The third-order valence-electron chi connectivity index (χ3n) is 3.58. The monoisotopic (exact) mass is 246 g/mol. The molecule has 1 aliphatic carbocycles. The summed E-state index contributed by atoms with van der Waals surface area (Å²) in [4.78, 5) is 11.8. The van der Waals surface area contributed by atoms with Crippen LogP contribution in [-0.4, -0.2) is 16.0 Å². The van der Waals surface area contributed by atoms with Crippen LogP contribution in [0, 0.1) is 6.92 Å². The van der Waals surface area contributed by atoms with Crippen molar-refractivity contribution in [2.45, 2.75) is 39.2 Å². The van der Waals surface area contributed by atoms with Gasteiger partial charge in [0.2, 0.25) is 0 Å². The van der Waals surface area contributed by atoms with Crippen LogP contribution in [-0.2, 0) is 10.4 Å². The third-order valence-corrected chi connectivity index (χ3v) is 3.58. The molecule has 1 aromatic rings. The molecule has 0 aliphatic heterocycles. The quantitative estimate of drug-likeness (QED) is 0.801. The van der Waals surface area contributed by atoms with Crippen LogP contribution >= 0.6 is 0 Å². The average molecular weight is 246 g/mol. The molecule has 96 valence electrons. The Labute approximate surface area is 107 Å². The molecule has 1 aromatic carbocycles. The molecule has 3 nitrogen and oxygen atoms in total. The number of aliphatic hydroxyl groups excluding tert-OH is 1. The van der Waals surface area contributed by atoms with Crippen LogP contribution in [0.2, 0.25) is 0 Å². The Morgan fingerprint density at radius 3 is 2.44 bits per heavy atom. The lowest BCUT2D eigenvalue weighted by atomic mass is 9.79. The molecule has 3 heteroatoms. The predicted octanol–water partition coefficient (Wildman–Crippen LogP) is 2.81. The van der Waals surface area contributed by atoms with Gasteiger partial charge in [-0.05, 0) is 37.0 Å². The molecule has 1 unspecified atom stereocenters. The van der Waals surface area contributed by atoms with Crippen LogP contribution in [0.15, 0.2) is 18.2 Å². The second-order valence-corrected chi connectivity index (χ2v) is 5.38. The summed E-state index contributed by atoms with van der Waals surface area (Å²) in [5.41, 5.74) is 1.60. The van der Waals surface area contributed by atoms with Gasteiger partial charge in [0.05, 0.1) is 0 Å². The summed E-state index contributed by atoms with van der Waals surface area (Å²) in [6, 6.07) is 3.66. The van der Waals surface area contributed by atoms with Gasteiger partial charge in [-0.2, -0.15) is 0 Å². The largest absolute Gasteiger partial charge is 0.507 e. The van der Waals surface area contributed by atoms with E-state index in [1.165, 1.54) is 6.92 Å². The SMILES string of the molecule is Cc1cc2c(cc1C(C)C)C(C)(O)C(=O)C=C2O. The van der Waals surface area contributed by atoms with Gasteiger partial charge in [0.25, 0.3) is 0 Å². The lowest BCUT2D eigenvalue weighted by Gasteiger charge is -2.29. The van der Waals surface area contributed by atoms with Crippen LogP contribution in [0.5, 0.6) is 0 Å². The number of aryl methyl sites for hydroxylation is 1. The number of carbonyl (C=O) groups is 1. The zero-order valence-electron chi connectivity index (χ0n) is 11.1. The van der Waals surface area contributed by atoms with Crippen LogP contribution in [0.3, 0.4) is 0 Å². The molecule has 0 radical (unpaired) electrons. The van der Waals surface area contributed by atoms with E-state index in [4.69, 9.17) is 0 Å². The van der Waals surface area contributed by atoms with Crippen molar-refractivity contribution in [3.63, 3.8) is 0 Å². The van der Waals surface area contributed by atoms with Gasteiger partial charge in [-0.25, -0.2) is 0 Å². The zero-order chi connectivity index (χ0) is 13.7. The van der Waals surface area contributed by atoms with Gasteiger partial charge in [0.1, 0.15) is 11.4 Å². The van der Waals surface area contributed by atoms with Gasteiger partial charge in [-0.15, -0.1) is 0 Å². The normalized spacial score (nSPS) is 23.0. The van der Waals surface area contributed by atoms with Crippen LogP contribution in [0.1, 0.15) is 48.9 Å². The minimum Gasteiger partial charge on any atom is -0.507 e. The summed E-state index contributed by atoms with van der Waals surface area (Å²) < 4.78 is 0. The van der Waals surface area contributed by atoms with Crippen LogP contribution < -0.4 is 0 Å². The van der Waals surface area contributed by atoms with Crippen molar-refractivity contribution in [2.24, 2.45) is 0 Å². The molecule has 0 bridgehead atoms. The van der Waals surface area contributed by atoms with E-state index in [0.29, 0.717) is 17.0 Å². The Kier molecular flexibility index (Phi) is 2.82. The molecule has 2 N–H and O–H groups in total. The molecular weight excluding hydrogens is 228 g/mol. The maximum absolute atomic E-state index is 11.8. The Balaban J connectivity index is 2.75. The smallest absolute Gasteiger partial charge is 0.195 e. The topological polar surface area (TPSA) is 57.5 Å². The van der Waals surface area contributed by atoms with Crippen LogP contribution in [0.25, 0.3) is 5.76 Å². The fourth-order valence-electron chi connectivity index (χ4n) is 2.44. The van der Waals surface area contributed by atoms with Gasteiger partial charge in [-0.1, -0.05) is 19.9 Å². The van der Waals surface area contributed by atoms with E-state index < -0.39 is 11.4 Å². The highest BCUT2D eigenvalue weighted by Gasteiger charge is 2.38. The van der Waals surface area contributed by atoms with E-state index >= 15 is 0 Å². The molecule has 2 rings (SSSR count). The van der Waals surface area contributed by atoms with Crippen molar-refractivity contribution in [2.75, 3.05) is 0 Å². The molecule has 1 aliphatic rings. The molecule has 0 aromatic heterocycles. The first-order valence-corrected chi connectivity index (χ1v) is 6.08. The number of aliphatic hydroxyl groups is 2. The Bertz CT molecular complexity index is 551. The van der Waals surface area contributed by atoms with Crippen molar-refractivity contribution in [1.29, 1.82) is 0 Å². The number of hydrogen-bond acceptors (Lipinski definition) is 3.